The lowest BCUT2D eigenvalue weighted by atomic mass is 10.1. The molecular weight excluding hydrogens is 426 g/mol. The van der Waals surface area contributed by atoms with Crippen molar-refractivity contribution in [1.29, 1.82) is 0 Å². The van der Waals surface area contributed by atoms with Gasteiger partial charge in [-0.1, -0.05) is 5.16 Å². The molecular formula is C24H23N3O6. The molecule has 4 aromatic rings. The van der Waals surface area contributed by atoms with E-state index in [1.54, 1.807) is 55.2 Å². The molecule has 3 aromatic heterocycles. The zero-order valence-corrected chi connectivity index (χ0v) is 18.7. The van der Waals surface area contributed by atoms with Gasteiger partial charge in [0.2, 0.25) is 5.43 Å². The van der Waals surface area contributed by atoms with Gasteiger partial charge in [0.05, 0.1) is 19.6 Å². The molecule has 0 bridgehead atoms. The van der Waals surface area contributed by atoms with E-state index in [2.05, 4.69) is 10.1 Å². The number of esters is 1. The van der Waals surface area contributed by atoms with Crippen molar-refractivity contribution in [2.24, 2.45) is 0 Å². The highest BCUT2D eigenvalue weighted by molar-refractivity contribution is 5.93. The molecule has 0 saturated carbocycles. The molecule has 0 aliphatic carbocycles. The van der Waals surface area contributed by atoms with Crippen molar-refractivity contribution < 1.29 is 23.5 Å². The molecule has 9 nitrogen and oxygen atoms in total. The van der Waals surface area contributed by atoms with E-state index in [0.29, 0.717) is 40.5 Å². The van der Waals surface area contributed by atoms with Crippen LogP contribution in [0.5, 0.6) is 11.5 Å². The second kappa shape index (κ2) is 9.15. The molecule has 1 aromatic carbocycles. The first-order valence-electron chi connectivity index (χ1n) is 10.3. The van der Waals surface area contributed by atoms with Gasteiger partial charge in [-0.2, -0.15) is 0 Å². The molecule has 9 heteroatoms. The van der Waals surface area contributed by atoms with Crippen LogP contribution in [0.2, 0.25) is 0 Å². The Hall–Kier alpha value is -4.14. The molecule has 0 N–H and O–H groups in total. The predicted octanol–water partition coefficient (Wildman–Crippen LogP) is 3.75. The third-order valence-corrected chi connectivity index (χ3v) is 5.20. The molecule has 0 radical (unpaired) electrons. The number of pyridine rings is 2. The minimum atomic E-state index is -0.736. The van der Waals surface area contributed by atoms with Crippen molar-refractivity contribution in [3.63, 3.8) is 0 Å². The molecule has 0 aliphatic rings. The number of ether oxygens (including phenoxy) is 3. The van der Waals surface area contributed by atoms with E-state index in [-0.39, 0.29) is 12.2 Å². The van der Waals surface area contributed by atoms with Crippen molar-refractivity contribution in [1.82, 2.24) is 14.7 Å². The highest BCUT2D eigenvalue weighted by Gasteiger charge is 2.18. The SMILES string of the molecule is CCn1cc(C(=O)OCc2cc(-c3ccc(OC)c(OC)c3)on2)c(=O)c2ccc(C)nc21. The first kappa shape index (κ1) is 22.1. The summed E-state index contributed by atoms with van der Waals surface area (Å²) < 4.78 is 23.0. The maximum absolute atomic E-state index is 12.9. The molecule has 0 aliphatic heterocycles. The summed E-state index contributed by atoms with van der Waals surface area (Å²) in [7, 11) is 3.10. The van der Waals surface area contributed by atoms with Crippen LogP contribution in [0.1, 0.15) is 28.7 Å². The number of aromatic nitrogens is 3. The Balaban J connectivity index is 1.54. The van der Waals surface area contributed by atoms with Gasteiger partial charge in [-0.15, -0.1) is 0 Å². The first-order chi connectivity index (χ1) is 15.9. The number of rotatable bonds is 7. The Morgan fingerprint density at radius 1 is 1.09 bits per heavy atom. The fourth-order valence-electron chi connectivity index (χ4n) is 3.47. The van der Waals surface area contributed by atoms with Gasteiger partial charge in [-0.25, -0.2) is 9.78 Å². The number of benzene rings is 1. The lowest BCUT2D eigenvalue weighted by Gasteiger charge is -2.10. The standard InChI is InChI=1S/C24H23N3O6/c1-5-27-12-18(22(28)17-8-6-14(2)25-23(17)27)24(29)32-13-16-11-20(33-26-16)15-7-9-19(30-3)21(10-15)31-4/h6-12H,5,13H2,1-4H3. The smallest absolute Gasteiger partial charge is 0.344 e. The maximum Gasteiger partial charge on any atom is 0.344 e. The number of carbonyl (C=O) groups is 1. The Morgan fingerprint density at radius 3 is 2.61 bits per heavy atom. The van der Waals surface area contributed by atoms with E-state index in [1.807, 2.05) is 13.8 Å². The average Bonchev–Trinajstić information content (AvgIpc) is 3.31. The second-order valence-corrected chi connectivity index (χ2v) is 7.31. The topological polar surface area (TPSA) is 106 Å². The Bertz CT molecular complexity index is 1390. The molecule has 4 rings (SSSR count). The zero-order chi connectivity index (χ0) is 23.5. The zero-order valence-electron chi connectivity index (χ0n) is 18.7. The molecule has 0 amide bonds. The van der Waals surface area contributed by atoms with Crippen LogP contribution in [0.4, 0.5) is 0 Å². The van der Waals surface area contributed by atoms with Gasteiger partial charge in [0.15, 0.2) is 17.3 Å². The molecule has 0 unspecified atom stereocenters. The van der Waals surface area contributed by atoms with Crippen LogP contribution in [0.25, 0.3) is 22.4 Å². The number of fused-ring (bicyclic) bond motifs is 1. The van der Waals surface area contributed by atoms with Crippen molar-refractivity contribution in [3.05, 3.63) is 69.8 Å². The first-order valence-corrected chi connectivity index (χ1v) is 10.3. The fourth-order valence-corrected chi connectivity index (χ4v) is 3.47. The summed E-state index contributed by atoms with van der Waals surface area (Å²) in [5.74, 6) is 0.879. The summed E-state index contributed by atoms with van der Waals surface area (Å²) >= 11 is 0. The summed E-state index contributed by atoms with van der Waals surface area (Å²) in [5, 5.41) is 4.32. The number of aryl methyl sites for hydroxylation is 2. The number of nitrogens with zero attached hydrogens (tertiary/aromatic N) is 3. The molecule has 33 heavy (non-hydrogen) atoms. The van der Waals surface area contributed by atoms with Gasteiger partial charge in [-0.05, 0) is 44.2 Å². The number of hydrogen-bond donors (Lipinski definition) is 0. The Morgan fingerprint density at radius 2 is 1.88 bits per heavy atom. The average molecular weight is 449 g/mol. The van der Waals surface area contributed by atoms with Crippen LogP contribution in [0, 0.1) is 6.92 Å². The van der Waals surface area contributed by atoms with Crippen LogP contribution in [-0.4, -0.2) is 34.9 Å². The predicted molar refractivity (Wildman–Crippen MR) is 121 cm³/mol. The summed E-state index contributed by atoms with van der Waals surface area (Å²) in [6.45, 7) is 4.16. The Labute approximate surface area is 189 Å². The Kier molecular flexibility index (Phi) is 6.12. The molecule has 0 saturated heterocycles. The van der Waals surface area contributed by atoms with Gasteiger partial charge in [0.1, 0.15) is 23.5 Å². The highest BCUT2D eigenvalue weighted by Crippen LogP contribution is 2.32. The third-order valence-electron chi connectivity index (χ3n) is 5.20. The van der Waals surface area contributed by atoms with Crippen molar-refractivity contribution in [2.75, 3.05) is 14.2 Å². The number of carbonyl (C=O) groups excluding carboxylic acids is 1. The van der Waals surface area contributed by atoms with Crippen LogP contribution >= 0.6 is 0 Å². The van der Waals surface area contributed by atoms with Gasteiger partial charge in [0.25, 0.3) is 0 Å². The molecule has 3 heterocycles. The van der Waals surface area contributed by atoms with Gasteiger partial charge < -0.3 is 23.3 Å². The quantitative estimate of drug-likeness (QED) is 0.393. The minimum absolute atomic E-state index is 0.0568. The van der Waals surface area contributed by atoms with Crippen LogP contribution in [0.15, 0.2) is 51.9 Å². The van der Waals surface area contributed by atoms with E-state index in [0.717, 1.165) is 11.3 Å². The van der Waals surface area contributed by atoms with Gasteiger partial charge in [0, 0.05) is 30.1 Å². The lowest BCUT2D eigenvalue weighted by molar-refractivity contribution is 0.0462. The van der Waals surface area contributed by atoms with Crippen LogP contribution in [-0.2, 0) is 17.9 Å². The summed E-state index contributed by atoms with van der Waals surface area (Å²) in [6.07, 6.45) is 1.48. The second-order valence-electron chi connectivity index (χ2n) is 7.31. The summed E-state index contributed by atoms with van der Waals surface area (Å²) in [6, 6.07) is 10.4. The van der Waals surface area contributed by atoms with E-state index in [4.69, 9.17) is 18.7 Å². The van der Waals surface area contributed by atoms with Gasteiger partial charge >= 0.3 is 5.97 Å². The van der Waals surface area contributed by atoms with Crippen LogP contribution < -0.4 is 14.9 Å². The number of hydrogen-bond acceptors (Lipinski definition) is 8. The van der Waals surface area contributed by atoms with Crippen molar-refractivity contribution in [2.45, 2.75) is 27.0 Å². The monoisotopic (exact) mass is 449 g/mol. The summed E-state index contributed by atoms with van der Waals surface area (Å²) in [5.41, 5.74) is 1.98. The highest BCUT2D eigenvalue weighted by atomic mass is 16.5. The van der Waals surface area contributed by atoms with E-state index >= 15 is 0 Å². The van der Waals surface area contributed by atoms with E-state index < -0.39 is 11.4 Å². The van der Waals surface area contributed by atoms with Crippen molar-refractivity contribution in [3.8, 4) is 22.8 Å². The normalized spacial score (nSPS) is 10.9. The largest absolute Gasteiger partial charge is 0.493 e. The summed E-state index contributed by atoms with van der Waals surface area (Å²) in [4.78, 5) is 30.0. The van der Waals surface area contributed by atoms with Gasteiger partial charge in [-0.3, -0.25) is 4.79 Å². The maximum atomic E-state index is 12.9. The molecule has 170 valence electrons. The fraction of sp³-hybridized carbons (Fsp3) is 0.250. The van der Waals surface area contributed by atoms with E-state index in [9.17, 15) is 9.59 Å². The lowest BCUT2D eigenvalue weighted by Crippen LogP contribution is -2.21. The van der Waals surface area contributed by atoms with Crippen LogP contribution in [0.3, 0.4) is 0 Å². The molecule has 0 atom stereocenters. The third kappa shape index (κ3) is 4.30. The molecule has 0 spiro atoms. The molecule has 0 fully saturated rings. The van der Waals surface area contributed by atoms with Crippen molar-refractivity contribution >= 4 is 17.0 Å². The van der Waals surface area contributed by atoms with E-state index in [1.165, 1.54) is 6.20 Å². The minimum Gasteiger partial charge on any atom is -0.493 e. The number of methoxy groups -OCH3 is 2.